The van der Waals surface area contributed by atoms with Crippen LogP contribution in [-0.2, 0) is 9.47 Å². The van der Waals surface area contributed by atoms with Crippen LogP contribution in [0.2, 0.25) is 0 Å². The van der Waals surface area contributed by atoms with Crippen LogP contribution in [0.1, 0.15) is 13.8 Å². The van der Waals surface area contributed by atoms with Gasteiger partial charge in [0.15, 0.2) is 5.79 Å². The van der Waals surface area contributed by atoms with Gasteiger partial charge in [0.05, 0.1) is 11.5 Å². The zero-order valence-corrected chi connectivity index (χ0v) is 7.02. The quantitative estimate of drug-likeness (QED) is 0.460. The second-order valence-electron chi connectivity index (χ2n) is 2.99. The van der Waals surface area contributed by atoms with E-state index in [1.807, 2.05) is 0 Å². The molecule has 0 N–H and O–H groups in total. The van der Waals surface area contributed by atoms with Crippen LogP contribution in [0.3, 0.4) is 0 Å². The molecule has 1 aliphatic heterocycles. The standard InChI is InChI=1S/C7H11NO4/c1-7(2)11-5-6(12-7)3-4-8(9)10/h3-4,6H,5H2,1-2H3/t6-/m0/s1. The average Bonchev–Trinajstić information content (AvgIpc) is 2.26. The van der Waals surface area contributed by atoms with Crippen molar-refractivity contribution in [3.8, 4) is 0 Å². The summed E-state index contributed by atoms with van der Waals surface area (Å²) < 4.78 is 10.5. The summed E-state index contributed by atoms with van der Waals surface area (Å²) in [6, 6.07) is 0. The van der Waals surface area contributed by atoms with Crippen LogP contribution in [0.15, 0.2) is 12.3 Å². The molecular weight excluding hydrogens is 162 g/mol. The molecule has 0 aromatic carbocycles. The van der Waals surface area contributed by atoms with Gasteiger partial charge in [-0.3, -0.25) is 10.1 Å². The molecule has 0 aliphatic carbocycles. The molecule has 1 saturated heterocycles. The fraction of sp³-hybridized carbons (Fsp3) is 0.714. The molecule has 0 aromatic heterocycles. The van der Waals surface area contributed by atoms with E-state index in [-0.39, 0.29) is 6.10 Å². The van der Waals surface area contributed by atoms with Crippen molar-refractivity contribution in [2.75, 3.05) is 6.61 Å². The third kappa shape index (κ3) is 2.60. The Morgan fingerprint density at radius 3 is 2.75 bits per heavy atom. The SMILES string of the molecule is CC1(C)OC[C@H](C=C[N+](=O)[O-])O1. The van der Waals surface area contributed by atoms with Crippen molar-refractivity contribution in [1.82, 2.24) is 0 Å². The minimum Gasteiger partial charge on any atom is -0.347 e. The van der Waals surface area contributed by atoms with Crippen LogP contribution < -0.4 is 0 Å². The molecule has 0 spiro atoms. The molecule has 0 saturated carbocycles. The van der Waals surface area contributed by atoms with Crippen molar-refractivity contribution in [1.29, 1.82) is 0 Å². The number of ether oxygens (including phenoxy) is 2. The van der Waals surface area contributed by atoms with Gasteiger partial charge in [-0.2, -0.15) is 0 Å². The average molecular weight is 173 g/mol. The second kappa shape index (κ2) is 3.20. The summed E-state index contributed by atoms with van der Waals surface area (Å²) in [7, 11) is 0. The largest absolute Gasteiger partial charge is 0.347 e. The first-order valence-electron chi connectivity index (χ1n) is 3.63. The van der Waals surface area contributed by atoms with Crippen molar-refractivity contribution >= 4 is 0 Å². The van der Waals surface area contributed by atoms with E-state index in [0.29, 0.717) is 6.61 Å². The number of hydrogen-bond acceptors (Lipinski definition) is 4. The Balaban J connectivity index is 2.43. The smallest absolute Gasteiger partial charge is 0.233 e. The van der Waals surface area contributed by atoms with Gasteiger partial charge >= 0.3 is 0 Å². The molecule has 1 atom stereocenters. The van der Waals surface area contributed by atoms with Crippen LogP contribution in [0.4, 0.5) is 0 Å². The first-order valence-corrected chi connectivity index (χ1v) is 3.63. The summed E-state index contributed by atoms with van der Waals surface area (Å²) in [6.07, 6.45) is 1.95. The van der Waals surface area contributed by atoms with Crippen molar-refractivity contribution in [2.24, 2.45) is 0 Å². The highest BCUT2D eigenvalue weighted by Gasteiger charge is 2.31. The van der Waals surface area contributed by atoms with Gasteiger partial charge in [-0.05, 0) is 13.8 Å². The molecule has 68 valence electrons. The molecule has 1 fully saturated rings. The van der Waals surface area contributed by atoms with Gasteiger partial charge in [0.1, 0.15) is 6.10 Å². The summed E-state index contributed by atoms with van der Waals surface area (Å²) in [5.41, 5.74) is 0. The lowest BCUT2D eigenvalue weighted by molar-refractivity contribution is -0.403. The van der Waals surface area contributed by atoms with Crippen molar-refractivity contribution in [3.05, 3.63) is 22.4 Å². The highest BCUT2D eigenvalue weighted by molar-refractivity contribution is 4.88. The highest BCUT2D eigenvalue weighted by Crippen LogP contribution is 2.22. The topological polar surface area (TPSA) is 61.6 Å². The molecule has 1 heterocycles. The van der Waals surface area contributed by atoms with Gasteiger partial charge in [0, 0.05) is 6.08 Å². The Morgan fingerprint density at radius 2 is 2.33 bits per heavy atom. The maximum absolute atomic E-state index is 9.94. The third-order valence-electron chi connectivity index (χ3n) is 1.45. The summed E-state index contributed by atoms with van der Waals surface area (Å²) >= 11 is 0. The number of nitrogens with zero attached hydrogens (tertiary/aromatic N) is 1. The summed E-state index contributed by atoms with van der Waals surface area (Å²) in [4.78, 5) is 9.42. The summed E-state index contributed by atoms with van der Waals surface area (Å²) in [6.45, 7) is 3.91. The monoisotopic (exact) mass is 173 g/mol. The highest BCUT2D eigenvalue weighted by atomic mass is 16.7. The van der Waals surface area contributed by atoms with E-state index in [1.54, 1.807) is 13.8 Å². The Kier molecular flexibility index (Phi) is 2.44. The number of rotatable bonds is 2. The third-order valence-corrected chi connectivity index (χ3v) is 1.45. The van der Waals surface area contributed by atoms with Gasteiger partial charge in [-0.25, -0.2) is 0 Å². The Morgan fingerprint density at radius 1 is 1.67 bits per heavy atom. The van der Waals surface area contributed by atoms with Gasteiger partial charge < -0.3 is 9.47 Å². The molecule has 5 nitrogen and oxygen atoms in total. The predicted octanol–water partition coefficient (Wildman–Crippen LogP) is 0.928. The first-order chi connectivity index (χ1) is 5.49. The maximum atomic E-state index is 9.94. The van der Waals surface area contributed by atoms with Crippen LogP contribution >= 0.6 is 0 Å². The van der Waals surface area contributed by atoms with E-state index in [0.717, 1.165) is 6.20 Å². The summed E-state index contributed by atoms with van der Waals surface area (Å²) in [5.74, 6) is -0.619. The summed E-state index contributed by atoms with van der Waals surface area (Å²) in [5, 5.41) is 9.94. The van der Waals surface area contributed by atoms with Gasteiger partial charge in [0.2, 0.25) is 6.20 Å². The normalized spacial score (nSPS) is 28.0. The predicted molar refractivity (Wildman–Crippen MR) is 41.0 cm³/mol. The first kappa shape index (κ1) is 9.15. The molecule has 12 heavy (non-hydrogen) atoms. The van der Waals surface area contributed by atoms with Crippen LogP contribution in [-0.4, -0.2) is 23.4 Å². The van der Waals surface area contributed by atoms with E-state index in [9.17, 15) is 10.1 Å². The molecule has 1 aliphatic rings. The van der Waals surface area contributed by atoms with Crippen molar-refractivity contribution < 1.29 is 14.4 Å². The second-order valence-corrected chi connectivity index (χ2v) is 2.99. The molecule has 5 heteroatoms. The van der Waals surface area contributed by atoms with E-state index in [2.05, 4.69) is 0 Å². The van der Waals surface area contributed by atoms with E-state index >= 15 is 0 Å². The van der Waals surface area contributed by atoms with Gasteiger partial charge in [0.25, 0.3) is 0 Å². The number of hydrogen-bond donors (Lipinski definition) is 0. The molecule has 0 unspecified atom stereocenters. The Bertz CT molecular complexity index is 211. The van der Waals surface area contributed by atoms with Crippen LogP contribution in [0, 0.1) is 10.1 Å². The minimum absolute atomic E-state index is 0.301. The fourth-order valence-electron chi connectivity index (χ4n) is 0.977. The lowest BCUT2D eigenvalue weighted by Crippen LogP contribution is -2.20. The maximum Gasteiger partial charge on any atom is 0.233 e. The molecule has 0 radical (unpaired) electrons. The van der Waals surface area contributed by atoms with E-state index in [4.69, 9.17) is 9.47 Å². The van der Waals surface area contributed by atoms with Gasteiger partial charge in [-0.15, -0.1) is 0 Å². The van der Waals surface area contributed by atoms with Gasteiger partial charge in [-0.1, -0.05) is 0 Å². The Labute approximate surface area is 70.1 Å². The van der Waals surface area contributed by atoms with Crippen LogP contribution in [0.25, 0.3) is 0 Å². The fourth-order valence-corrected chi connectivity index (χ4v) is 0.977. The minimum atomic E-state index is -0.619. The van der Waals surface area contributed by atoms with Crippen molar-refractivity contribution in [2.45, 2.75) is 25.7 Å². The molecule has 0 bridgehead atoms. The zero-order valence-electron chi connectivity index (χ0n) is 7.02. The van der Waals surface area contributed by atoms with Crippen molar-refractivity contribution in [3.63, 3.8) is 0 Å². The molecule has 0 aromatic rings. The molecular formula is C7H11NO4. The van der Waals surface area contributed by atoms with E-state index < -0.39 is 10.7 Å². The Hall–Kier alpha value is -0.940. The van der Waals surface area contributed by atoms with Crippen LogP contribution in [0.5, 0.6) is 0 Å². The lowest BCUT2D eigenvalue weighted by atomic mass is 10.3. The molecule has 1 rings (SSSR count). The van der Waals surface area contributed by atoms with E-state index in [1.165, 1.54) is 6.08 Å². The zero-order chi connectivity index (χ0) is 9.19. The number of nitro groups is 1. The lowest BCUT2D eigenvalue weighted by Gasteiger charge is -2.15. The molecule has 0 amide bonds.